The molecule has 0 aliphatic carbocycles. The van der Waals surface area contributed by atoms with Crippen LogP contribution in [0.25, 0.3) is 0 Å². The van der Waals surface area contributed by atoms with Crippen LogP contribution in [0.4, 0.5) is 10.8 Å². The molecule has 7 nitrogen and oxygen atoms in total. The van der Waals surface area contributed by atoms with Crippen LogP contribution < -0.4 is 9.64 Å². The summed E-state index contributed by atoms with van der Waals surface area (Å²) in [5.74, 6) is -0.170. The van der Waals surface area contributed by atoms with E-state index in [0.717, 1.165) is 22.4 Å². The summed E-state index contributed by atoms with van der Waals surface area (Å²) in [7, 11) is 0. The van der Waals surface area contributed by atoms with Crippen molar-refractivity contribution in [3.05, 3.63) is 69.7 Å². The topological polar surface area (TPSA) is 85.8 Å². The summed E-state index contributed by atoms with van der Waals surface area (Å²) in [5.41, 5.74) is 5.06. The van der Waals surface area contributed by atoms with Gasteiger partial charge < -0.3 is 9.47 Å². The largest absolute Gasteiger partial charge is 0.482 e. The maximum Gasteiger partial charge on any atom is 0.344 e. The zero-order valence-corrected chi connectivity index (χ0v) is 20.8. The fourth-order valence-corrected chi connectivity index (χ4v) is 4.52. The predicted molar refractivity (Wildman–Crippen MR) is 132 cm³/mol. The summed E-state index contributed by atoms with van der Waals surface area (Å²) < 4.78 is 10.7. The second kappa shape index (κ2) is 11.1. The molecule has 1 aromatic heterocycles. The Labute approximate surface area is 203 Å². The maximum absolute atomic E-state index is 12.5. The number of Topliss-reactive ketones (excluding diaryl/α,β-unsaturated/α-hetero) is 1. The van der Waals surface area contributed by atoms with Crippen LogP contribution in [0.5, 0.6) is 5.75 Å². The number of carbonyl (C=O) groups excluding carboxylic acids is 3. The van der Waals surface area contributed by atoms with Gasteiger partial charge in [-0.3, -0.25) is 14.5 Å². The van der Waals surface area contributed by atoms with Gasteiger partial charge in [-0.2, -0.15) is 0 Å². The fourth-order valence-electron chi connectivity index (χ4n) is 3.66. The molecule has 0 N–H and O–H groups in total. The van der Waals surface area contributed by atoms with E-state index >= 15 is 0 Å². The number of carbonyl (C=O) groups is 3. The van der Waals surface area contributed by atoms with Crippen molar-refractivity contribution in [1.82, 2.24) is 4.98 Å². The number of aromatic nitrogens is 1. The molecule has 1 heterocycles. The smallest absolute Gasteiger partial charge is 0.344 e. The first-order valence-corrected chi connectivity index (χ1v) is 11.8. The molecule has 178 valence electrons. The molecular formula is C26H28N2O5S. The average molecular weight is 481 g/mol. The summed E-state index contributed by atoms with van der Waals surface area (Å²) in [6.07, 6.45) is 0.430. The molecule has 0 aliphatic heterocycles. The predicted octanol–water partition coefficient (Wildman–Crippen LogP) is 5.47. The second-order valence-electron chi connectivity index (χ2n) is 7.97. The minimum absolute atomic E-state index is 0.0275. The van der Waals surface area contributed by atoms with Gasteiger partial charge in [-0.1, -0.05) is 24.6 Å². The third-order valence-corrected chi connectivity index (χ3v) is 6.01. The van der Waals surface area contributed by atoms with Crippen molar-refractivity contribution in [3.63, 3.8) is 0 Å². The number of esters is 1. The minimum atomic E-state index is -0.545. The Morgan fingerprint density at radius 3 is 2.26 bits per heavy atom. The number of amides is 1. The van der Waals surface area contributed by atoms with Gasteiger partial charge in [0.2, 0.25) is 5.91 Å². The van der Waals surface area contributed by atoms with Crippen LogP contribution in [0.3, 0.4) is 0 Å². The van der Waals surface area contributed by atoms with E-state index in [4.69, 9.17) is 9.47 Å². The van der Waals surface area contributed by atoms with E-state index < -0.39 is 5.97 Å². The Kier molecular flexibility index (Phi) is 8.17. The molecular weight excluding hydrogens is 452 g/mol. The van der Waals surface area contributed by atoms with Crippen LogP contribution in [-0.4, -0.2) is 29.3 Å². The number of aryl methyl sites for hydroxylation is 3. The first-order chi connectivity index (χ1) is 16.2. The molecule has 0 fully saturated rings. The molecule has 0 atom stereocenters. The van der Waals surface area contributed by atoms with E-state index in [9.17, 15) is 14.4 Å². The van der Waals surface area contributed by atoms with E-state index in [1.165, 1.54) is 18.3 Å². The number of thiazole rings is 1. The zero-order valence-electron chi connectivity index (χ0n) is 20.0. The second-order valence-corrected chi connectivity index (χ2v) is 8.81. The number of anilines is 2. The van der Waals surface area contributed by atoms with E-state index in [0.29, 0.717) is 28.6 Å². The van der Waals surface area contributed by atoms with Crippen molar-refractivity contribution in [2.75, 3.05) is 11.5 Å². The van der Waals surface area contributed by atoms with Gasteiger partial charge in [0.1, 0.15) is 12.4 Å². The number of nitrogens with zero attached hydrogens (tertiary/aromatic N) is 2. The molecule has 0 saturated heterocycles. The van der Waals surface area contributed by atoms with E-state index in [2.05, 4.69) is 4.98 Å². The summed E-state index contributed by atoms with van der Waals surface area (Å²) in [4.78, 5) is 42.4. The number of rotatable bonds is 9. The summed E-state index contributed by atoms with van der Waals surface area (Å²) in [6, 6.07) is 10.7. The lowest BCUT2D eigenvalue weighted by Gasteiger charge is -2.23. The van der Waals surface area contributed by atoms with Crippen LogP contribution in [0.2, 0.25) is 0 Å². The molecule has 0 spiro atoms. The van der Waals surface area contributed by atoms with E-state index in [1.54, 1.807) is 41.5 Å². The first kappa shape index (κ1) is 25.1. The first-order valence-electron chi connectivity index (χ1n) is 10.9. The third kappa shape index (κ3) is 6.08. The molecule has 3 aromatic rings. The molecule has 2 aromatic carbocycles. The SMILES string of the molecule is CCC(=O)c1ccc(OCC(=O)OCc2csc(N(C(C)=O)c3c(C)cc(C)cc3C)n2)cc1. The number of hydrogen-bond acceptors (Lipinski definition) is 7. The standard InChI is InChI=1S/C26H28N2O5S/c1-6-23(30)20-7-9-22(10-8-20)32-14-24(31)33-13-21-15-34-26(27-21)28(19(5)29)25-17(3)11-16(2)12-18(25)4/h7-12,15H,6,13-14H2,1-5H3. The molecule has 8 heteroatoms. The Balaban J connectivity index is 1.60. The van der Waals surface area contributed by atoms with Gasteiger partial charge in [-0.05, 0) is 56.2 Å². The van der Waals surface area contributed by atoms with Crippen molar-refractivity contribution in [2.45, 2.75) is 47.6 Å². The van der Waals surface area contributed by atoms with Crippen LogP contribution in [-0.2, 0) is 20.9 Å². The molecule has 3 rings (SSSR count). The Bertz CT molecular complexity index is 1180. The van der Waals surface area contributed by atoms with Crippen molar-refractivity contribution in [2.24, 2.45) is 0 Å². The highest BCUT2D eigenvalue weighted by molar-refractivity contribution is 7.14. The lowest BCUT2D eigenvalue weighted by Crippen LogP contribution is -2.24. The molecule has 0 aliphatic rings. The van der Waals surface area contributed by atoms with Gasteiger partial charge >= 0.3 is 5.97 Å². The van der Waals surface area contributed by atoms with Gasteiger partial charge in [0.25, 0.3) is 0 Å². The zero-order chi connectivity index (χ0) is 24.8. The third-order valence-electron chi connectivity index (χ3n) is 5.14. The van der Waals surface area contributed by atoms with Crippen molar-refractivity contribution < 1.29 is 23.9 Å². The van der Waals surface area contributed by atoms with Crippen molar-refractivity contribution in [1.29, 1.82) is 0 Å². The van der Waals surface area contributed by atoms with Crippen molar-refractivity contribution >= 4 is 39.8 Å². The van der Waals surface area contributed by atoms with Crippen molar-refractivity contribution in [3.8, 4) is 5.75 Å². The lowest BCUT2D eigenvalue weighted by molar-refractivity contribution is -0.147. The minimum Gasteiger partial charge on any atom is -0.482 e. The highest BCUT2D eigenvalue weighted by Crippen LogP contribution is 2.34. The quantitative estimate of drug-likeness (QED) is 0.298. The van der Waals surface area contributed by atoms with Crippen LogP contribution in [0, 0.1) is 20.8 Å². The summed E-state index contributed by atoms with van der Waals surface area (Å²) >= 11 is 1.31. The van der Waals surface area contributed by atoms with Crippen LogP contribution in [0.15, 0.2) is 41.8 Å². The number of hydrogen-bond donors (Lipinski definition) is 0. The van der Waals surface area contributed by atoms with Gasteiger partial charge in [-0.15, -0.1) is 11.3 Å². The molecule has 0 radical (unpaired) electrons. The highest BCUT2D eigenvalue weighted by Gasteiger charge is 2.22. The monoisotopic (exact) mass is 480 g/mol. The Morgan fingerprint density at radius 2 is 1.68 bits per heavy atom. The van der Waals surface area contributed by atoms with E-state index in [1.807, 2.05) is 32.9 Å². The van der Waals surface area contributed by atoms with E-state index in [-0.39, 0.29) is 24.9 Å². The molecule has 0 saturated carbocycles. The lowest BCUT2D eigenvalue weighted by atomic mass is 10.0. The Hall–Kier alpha value is -3.52. The summed E-state index contributed by atoms with van der Waals surface area (Å²) in [6.45, 7) is 8.97. The normalized spacial score (nSPS) is 10.6. The van der Waals surface area contributed by atoms with Gasteiger partial charge in [0.15, 0.2) is 17.5 Å². The maximum atomic E-state index is 12.5. The van der Waals surface area contributed by atoms with Gasteiger partial charge in [-0.25, -0.2) is 9.78 Å². The number of ether oxygens (including phenoxy) is 2. The van der Waals surface area contributed by atoms with Crippen LogP contribution in [0.1, 0.15) is 53.0 Å². The fraction of sp³-hybridized carbons (Fsp3) is 0.308. The van der Waals surface area contributed by atoms with Crippen LogP contribution >= 0.6 is 11.3 Å². The average Bonchev–Trinajstić information content (AvgIpc) is 3.26. The molecule has 0 bridgehead atoms. The summed E-state index contributed by atoms with van der Waals surface area (Å²) in [5, 5.41) is 2.29. The van der Waals surface area contributed by atoms with Gasteiger partial charge in [0.05, 0.1) is 11.4 Å². The molecule has 34 heavy (non-hydrogen) atoms. The molecule has 1 amide bonds. The number of benzene rings is 2. The highest BCUT2D eigenvalue weighted by atomic mass is 32.1. The van der Waals surface area contributed by atoms with Gasteiger partial charge in [0, 0.05) is 24.3 Å². The Morgan fingerprint density at radius 1 is 1.03 bits per heavy atom. The number of ketones is 1. The molecule has 0 unspecified atom stereocenters.